The van der Waals surface area contributed by atoms with E-state index in [2.05, 4.69) is 15.3 Å². The predicted molar refractivity (Wildman–Crippen MR) is 92.7 cm³/mol. The SMILES string of the molecule is COc1ccc(OC)c(NC(=O)c2ccc3[nH]c(=O)c(=O)[nH]c3c2)c1. The third-order valence-electron chi connectivity index (χ3n) is 3.64. The number of benzene rings is 2. The molecule has 8 nitrogen and oxygen atoms in total. The van der Waals surface area contributed by atoms with Crippen LogP contribution in [0.15, 0.2) is 46.0 Å². The molecule has 0 saturated carbocycles. The van der Waals surface area contributed by atoms with Crippen LogP contribution in [-0.2, 0) is 0 Å². The molecule has 0 atom stereocenters. The fraction of sp³-hybridized carbons (Fsp3) is 0.118. The quantitative estimate of drug-likeness (QED) is 0.622. The molecule has 3 N–H and O–H groups in total. The maximum Gasteiger partial charge on any atom is 0.314 e. The van der Waals surface area contributed by atoms with Crippen molar-refractivity contribution < 1.29 is 14.3 Å². The number of amides is 1. The Balaban J connectivity index is 1.96. The molecule has 0 bridgehead atoms. The summed E-state index contributed by atoms with van der Waals surface area (Å²) in [5.74, 6) is 0.643. The molecule has 0 saturated heterocycles. The average Bonchev–Trinajstić information content (AvgIpc) is 2.62. The zero-order chi connectivity index (χ0) is 18.0. The zero-order valence-electron chi connectivity index (χ0n) is 13.5. The number of nitrogens with one attached hydrogen (secondary N) is 3. The number of carbonyl (C=O) groups excluding carboxylic acids is 1. The lowest BCUT2D eigenvalue weighted by molar-refractivity contribution is 0.102. The Morgan fingerprint density at radius 1 is 0.920 bits per heavy atom. The highest BCUT2D eigenvalue weighted by Crippen LogP contribution is 2.29. The lowest BCUT2D eigenvalue weighted by Crippen LogP contribution is -2.29. The van der Waals surface area contributed by atoms with Crippen LogP contribution in [0.4, 0.5) is 5.69 Å². The Hall–Kier alpha value is -3.55. The van der Waals surface area contributed by atoms with E-state index < -0.39 is 17.0 Å². The summed E-state index contributed by atoms with van der Waals surface area (Å²) >= 11 is 0. The van der Waals surface area contributed by atoms with Crippen LogP contribution in [0.3, 0.4) is 0 Å². The number of ether oxygens (including phenoxy) is 2. The van der Waals surface area contributed by atoms with Gasteiger partial charge in [-0.25, -0.2) is 0 Å². The summed E-state index contributed by atoms with van der Waals surface area (Å²) in [6.07, 6.45) is 0. The summed E-state index contributed by atoms with van der Waals surface area (Å²) in [7, 11) is 3.02. The molecule has 8 heteroatoms. The highest BCUT2D eigenvalue weighted by atomic mass is 16.5. The molecule has 0 spiro atoms. The van der Waals surface area contributed by atoms with Gasteiger partial charge in [0, 0.05) is 11.6 Å². The van der Waals surface area contributed by atoms with E-state index in [-0.39, 0.29) is 0 Å². The van der Waals surface area contributed by atoms with E-state index >= 15 is 0 Å². The van der Waals surface area contributed by atoms with E-state index in [1.165, 1.54) is 20.3 Å². The molecule has 3 aromatic rings. The van der Waals surface area contributed by atoms with Crippen LogP contribution in [0, 0.1) is 0 Å². The number of aromatic amines is 2. The van der Waals surface area contributed by atoms with Crippen LogP contribution in [0.2, 0.25) is 0 Å². The van der Waals surface area contributed by atoms with Crippen molar-refractivity contribution in [2.75, 3.05) is 19.5 Å². The highest BCUT2D eigenvalue weighted by molar-refractivity contribution is 6.06. The van der Waals surface area contributed by atoms with Gasteiger partial charge in [-0.1, -0.05) is 0 Å². The monoisotopic (exact) mass is 341 g/mol. The van der Waals surface area contributed by atoms with Gasteiger partial charge in [0.05, 0.1) is 30.9 Å². The maximum absolute atomic E-state index is 12.5. The molecule has 0 aliphatic rings. The number of aromatic nitrogens is 2. The van der Waals surface area contributed by atoms with E-state index in [4.69, 9.17) is 9.47 Å². The van der Waals surface area contributed by atoms with Crippen LogP contribution in [0.5, 0.6) is 11.5 Å². The molecule has 2 aromatic carbocycles. The first-order chi connectivity index (χ1) is 12.0. The van der Waals surface area contributed by atoms with E-state index in [0.29, 0.717) is 33.8 Å². The van der Waals surface area contributed by atoms with Crippen LogP contribution < -0.4 is 25.9 Å². The molecule has 1 aromatic heterocycles. The van der Waals surface area contributed by atoms with Crippen molar-refractivity contribution in [2.45, 2.75) is 0 Å². The minimum atomic E-state index is -0.778. The summed E-state index contributed by atoms with van der Waals surface area (Å²) < 4.78 is 10.4. The van der Waals surface area contributed by atoms with Gasteiger partial charge in [-0.2, -0.15) is 0 Å². The number of methoxy groups -OCH3 is 2. The predicted octanol–water partition coefficient (Wildman–Crippen LogP) is 1.49. The van der Waals surface area contributed by atoms with Crippen LogP contribution in [-0.4, -0.2) is 30.1 Å². The fourth-order valence-corrected chi connectivity index (χ4v) is 2.36. The Bertz CT molecular complexity index is 1070. The van der Waals surface area contributed by atoms with Crippen molar-refractivity contribution in [1.82, 2.24) is 9.97 Å². The summed E-state index contributed by atoms with van der Waals surface area (Å²) in [6, 6.07) is 9.59. The number of anilines is 1. The van der Waals surface area contributed by atoms with E-state index in [1.807, 2.05) is 0 Å². The minimum Gasteiger partial charge on any atom is -0.497 e. The second-order valence-corrected chi connectivity index (χ2v) is 5.19. The number of hydrogen-bond acceptors (Lipinski definition) is 5. The second-order valence-electron chi connectivity index (χ2n) is 5.19. The number of carbonyl (C=O) groups is 1. The minimum absolute atomic E-state index is 0.306. The van der Waals surface area contributed by atoms with Crippen molar-refractivity contribution in [2.24, 2.45) is 0 Å². The van der Waals surface area contributed by atoms with Gasteiger partial charge in [0.25, 0.3) is 5.91 Å². The van der Waals surface area contributed by atoms with Gasteiger partial charge in [0.2, 0.25) is 0 Å². The number of H-pyrrole nitrogens is 2. The standard InChI is InChI=1S/C17H15N3O5/c1-24-10-4-6-14(25-2)13(8-10)20-15(21)9-3-5-11-12(7-9)19-17(23)16(22)18-11/h3-8H,1-2H3,(H,18,22)(H,19,23)(H,20,21). The molecule has 0 fully saturated rings. The van der Waals surface area contributed by atoms with Crippen LogP contribution in [0.1, 0.15) is 10.4 Å². The molecule has 0 aliphatic heterocycles. The average molecular weight is 341 g/mol. The van der Waals surface area contributed by atoms with Crippen LogP contribution in [0.25, 0.3) is 11.0 Å². The first-order valence-corrected chi connectivity index (χ1v) is 7.31. The van der Waals surface area contributed by atoms with Gasteiger partial charge in [-0.05, 0) is 30.3 Å². The van der Waals surface area contributed by atoms with Gasteiger partial charge in [0.15, 0.2) is 0 Å². The summed E-state index contributed by atoms with van der Waals surface area (Å²) in [6.45, 7) is 0. The molecule has 1 heterocycles. The summed E-state index contributed by atoms with van der Waals surface area (Å²) in [5.41, 5.74) is 0.0160. The van der Waals surface area contributed by atoms with Crippen LogP contribution >= 0.6 is 0 Å². The Labute approximate surface area is 141 Å². The number of rotatable bonds is 4. The third-order valence-corrected chi connectivity index (χ3v) is 3.64. The van der Waals surface area contributed by atoms with Gasteiger partial charge < -0.3 is 24.8 Å². The molecule has 0 unspecified atom stereocenters. The maximum atomic E-state index is 12.5. The van der Waals surface area contributed by atoms with Gasteiger partial charge in [0.1, 0.15) is 11.5 Å². The van der Waals surface area contributed by atoms with Crippen molar-refractivity contribution in [3.05, 3.63) is 62.7 Å². The van der Waals surface area contributed by atoms with Crippen molar-refractivity contribution >= 4 is 22.6 Å². The van der Waals surface area contributed by atoms with E-state index in [1.54, 1.807) is 30.3 Å². The molecule has 3 rings (SSSR count). The molecule has 0 aliphatic carbocycles. The Morgan fingerprint density at radius 2 is 1.64 bits per heavy atom. The van der Waals surface area contributed by atoms with Crippen molar-refractivity contribution in [3.8, 4) is 11.5 Å². The largest absolute Gasteiger partial charge is 0.497 e. The van der Waals surface area contributed by atoms with Gasteiger partial charge in [-0.3, -0.25) is 14.4 Å². The Kier molecular flexibility index (Phi) is 4.25. The van der Waals surface area contributed by atoms with E-state index in [9.17, 15) is 14.4 Å². The fourth-order valence-electron chi connectivity index (χ4n) is 2.36. The molecule has 128 valence electrons. The van der Waals surface area contributed by atoms with Gasteiger partial charge >= 0.3 is 11.1 Å². The number of fused-ring (bicyclic) bond motifs is 1. The topological polar surface area (TPSA) is 113 Å². The first-order valence-electron chi connectivity index (χ1n) is 7.31. The zero-order valence-corrected chi connectivity index (χ0v) is 13.5. The second kappa shape index (κ2) is 6.52. The lowest BCUT2D eigenvalue weighted by atomic mass is 10.1. The van der Waals surface area contributed by atoms with Crippen molar-refractivity contribution in [1.29, 1.82) is 0 Å². The smallest absolute Gasteiger partial charge is 0.314 e. The molecular formula is C17H15N3O5. The van der Waals surface area contributed by atoms with Crippen molar-refractivity contribution in [3.63, 3.8) is 0 Å². The first kappa shape index (κ1) is 16.3. The lowest BCUT2D eigenvalue weighted by Gasteiger charge is -2.12. The molecule has 0 radical (unpaired) electrons. The van der Waals surface area contributed by atoms with Gasteiger partial charge in [-0.15, -0.1) is 0 Å². The van der Waals surface area contributed by atoms with E-state index in [0.717, 1.165) is 0 Å². The summed E-state index contributed by atoms with van der Waals surface area (Å²) in [4.78, 5) is 40.1. The normalized spacial score (nSPS) is 10.5. The Morgan fingerprint density at radius 3 is 2.32 bits per heavy atom. The number of hydrogen-bond donors (Lipinski definition) is 3. The third kappa shape index (κ3) is 3.23. The highest BCUT2D eigenvalue weighted by Gasteiger charge is 2.12. The molecular weight excluding hydrogens is 326 g/mol. The molecule has 1 amide bonds. The summed E-state index contributed by atoms with van der Waals surface area (Å²) in [5, 5.41) is 2.74. The molecule has 25 heavy (non-hydrogen) atoms.